The van der Waals surface area contributed by atoms with Crippen molar-refractivity contribution >= 4 is 29.2 Å². The van der Waals surface area contributed by atoms with Gasteiger partial charge in [0.25, 0.3) is 0 Å². The normalized spacial score (nSPS) is 13.1. The van der Waals surface area contributed by atoms with Crippen molar-refractivity contribution in [3.05, 3.63) is 14.1 Å². The van der Waals surface area contributed by atoms with Crippen LogP contribution >= 0.6 is 18.8 Å². The summed E-state index contributed by atoms with van der Waals surface area (Å²) in [5, 5.41) is 0. The molecule has 0 heterocycles. The van der Waals surface area contributed by atoms with Crippen molar-refractivity contribution in [1.29, 1.82) is 0 Å². The summed E-state index contributed by atoms with van der Waals surface area (Å²) >= 11 is -0.472. The summed E-state index contributed by atoms with van der Waals surface area (Å²) < 4.78 is 31.6. The molecule has 0 unspecified atom stereocenters. The molecule has 0 aliphatic heterocycles. The standard InChI is InChI=1S/C6H12.2CH4N.2ClH.H2O4S.Pt/c1-2-4-6-5-3-1;2*1-2;;;1-5(2,3)4;/h1-6H2;2*1-2H2;2*1H;(H2,1,2,3,4);/q;2*-1;;;;+4/p-2. The molecule has 0 aromatic carbocycles. The van der Waals surface area contributed by atoms with Crippen LogP contribution in [0.2, 0.25) is 0 Å². The van der Waals surface area contributed by atoms with E-state index in [9.17, 15) is 0 Å². The molecule has 0 aromatic rings. The Morgan fingerprint density at radius 2 is 0.889 bits per heavy atom. The summed E-state index contributed by atoms with van der Waals surface area (Å²) in [4.78, 5) is 0. The van der Waals surface area contributed by atoms with Gasteiger partial charge in [0.15, 0.2) is 0 Å². The second kappa shape index (κ2) is 26.6. The Balaban J connectivity index is -0.0000000746. The van der Waals surface area contributed by atoms with E-state index in [1.807, 2.05) is 0 Å². The van der Waals surface area contributed by atoms with E-state index in [-0.39, 0.29) is 0 Å². The molecule has 1 fully saturated rings. The minimum absolute atomic E-state index is 0.472. The van der Waals surface area contributed by atoms with Crippen LogP contribution in [0.25, 0.3) is 0 Å². The molecular formula is C8H22Cl2N2O4PtS. The third kappa shape index (κ3) is 88.3. The molecule has 6 N–H and O–H groups in total. The van der Waals surface area contributed by atoms with Crippen molar-refractivity contribution in [1.82, 2.24) is 0 Å². The SMILES string of the molecule is C1CCCCC1.O=S(=O)(O)O.[CH2-]N.[CH2-]N.[Cl][Pt+2][Cl]. The van der Waals surface area contributed by atoms with E-state index in [0.717, 1.165) is 0 Å². The molecule has 0 saturated heterocycles. The summed E-state index contributed by atoms with van der Waals surface area (Å²) in [6, 6.07) is 0. The molecule has 1 aliphatic rings. The van der Waals surface area contributed by atoms with Gasteiger partial charge in [0.05, 0.1) is 0 Å². The molecule has 0 radical (unpaired) electrons. The first-order chi connectivity index (χ1) is 8.41. The van der Waals surface area contributed by atoms with Gasteiger partial charge in [-0.25, -0.2) is 0 Å². The first-order valence-electron chi connectivity index (χ1n) is 4.75. The van der Waals surface area contributed by atoms with Crippen LogP contribution in [0, 0.1) is 14.1 Å². The zero-order chi connectivity index (χ0) is 15.4. The van der Waals surface area contributed by atoms with Gasteiger partial charge < -0.3 is 11.5 Å². The van der Waals surface area contributed by atoms with Crippen LogP contribution in [-0.4, -0.2) is 17.5 Å². The van der Waals surface area contributed by atoms with Crippen molar-refractivity contribution in [2.75, 3.05) is 0 Å². The third-order valence-corrected chi connectivity index (χ3v) is 1.50. The first-order valence-corrected chi connectivity index (χ1v) is 11.8. The van der Waals surface area contributed by atoms with Crippen LogP contribution in [0.5, 0.6) is 0 Å². The van der Waals surface area contributed by atoms with Crippen molar-refractivity contribution in [3.63, 3.8) is 0 Å². The number of rotatable bonds is 0. The molecule has 0 atom stereocenters. The van der Waals surface area contributed by atoms with Gasteiger partial charge in [0, 0.05) is 0 Å². The molecule has 1 aliphatic carbocycles. The van der Waals surface area contributed by atoms with E-state index >= 15 is 0 Å². The summed E-state index contributed by atoms with van der Waals surface area (Å²) in [6.07, 6.45) is 9.00. The molecule has 10 heteroatoms. The van der Waals surface area contributed by atoms with Crippen molar-refractivity contribution in [2.24, 2.45) is 11.5 Å². The number of nitrogens with two attached hydrogens (primary N) is 2. The average Bonchev–Trinajstić information content (AvgIpc) is 2.35. The first kappa shape index (κ1) is 27.4. The van der Waals surface area contributed by atoms with Gasteiger partial charge in [0.1, 0.15) is 0 Å². The monoisotopic (exact) mass is 507 g/mol. The van der Waals surface area contributed by atoms with Crippen LogP contribution in [0.4, 0.5) is 0 Å². The zero-order valence-electron chi connectivity index (χ0n) is 10.0. The fraction of sp³-hybridized carbons (Fsp3) is 0.750. The van der Waals surface area contributed by atoms with Crippen LogP contribution in [0.3, 0.4) is 0 Å². The molecule has 0 amide bonds. The van der Waals surface area contributed by atoms with Gasteiger partial charge in [-0.15, -0.1) is 0 Å². The Labute approximate surface area is 127 Å². The van der Waals surface area contributed by atoms with Crippen LogP contribution in [0.15, 0.2) is 0 Å². The molecule has 118 valence electrons. The Bertz CT molecular complexity index is 186. The fourth-order valence-electron chi connectivity index (χ4n) is 1.06. The van der Waals surface area contributed by atoms with Crippen molar-refractivity contribution in [3.8, 4) is 0 Å². The maximum atomic E-state index is 8.74. The summed E-state index contributed by atoms with van der Waals surface area (Å²) in [7, 11) is 10.6. The van der Waals surface area contributed by atoms with Gasteiger partial charge in [0.2, 0.25) is 0 Å². The quantitative estimate of drug-likeness (QED) is 0.294. The van der Waals surface area contributed by atoms with E-state index in [0.29, 0.717) is 0 Å². The molecular weight excluding hydrogens is 486 g/mol. The predicted molar refractivity (Wildman–Crippen MR) is 72.7 cm³/mol. The summed E-state index contributed by atoms with van der Waals surface area (Å²) in [6.45, 7) is 0. The minimum atomic E-state index is -4.67. The maximum absolute atomic E-state index is 8.74. The fourth-order valence-corrected chi connectivity index (χ4v) is 1.06. The van der Waals surface area contributed by atoms with Crippen LogP contribution in [0.1, 0.15) is 38.5 Å². The zero-order valence-corrected chi connectivity index (χ0v) is 14.6. The molecule has 18 heavy (non-hydrogen) atoms. The summed E-state index contributed by atoms with van der Waals surface area (Å²) in [5.74, 6) is 0. The molecule has 0 aromatic heterocycles. The van der Waals surface area contributed by atoms with E-state index in [1.54, 1.807) is 0 Å². The molecule has 0 spiro atoms. The summed E-state index contributed by atoms with van der Waals surface area (Å²) in [5.41, 5.74) is 8.50. The molecule has 1 rings (SSSR count). The molecule has 0 bridgehead atoms. The van der Waals surface area contributed by atoms with Crippen molar-refractivity contribution in [2.45, 2.75) is 38.5 Å². The van der Waals surface area contributed by atoms with E-state index in [2.05, 4.69) is 25.6 Å². The topological polar surface area (TPSA) is 127 Å². The van der Waals surface area contributed by atoms with Gasteiger partial charge in [-0.05, 0) is 0 Å². The van der Waals surface area contributed by atoms with E-state index < -0.39 is 26.9 Å². The van der Waals surface area contributed by atoms with Gasteiger partial charge >= 0.3 is 45.7 Å². The van der Waals surface area contributed by atoms with Gasteiger partial charge in [-0.3, -0.25) is 23.2 Å². The van der Waals surface area contributed by atoms with Gasteiger partial charge in [-0.1, -0.05) is 38.5 Å². The number of hydrogen-bond donors (Lipinski definition) is 4. The predicted octanol–water partition coefficient (Wildman–Crippen LogP) is 2.54. The molecule has 1 saturated carbocycles. The Hall–Kier alpha value is 1.06. The Morgan fingerprint density at radius 3 is 0.944 bits per heavy atom. The second-order valence-corrected chi connectivity index (χ2v) is 6.79. The Morgan fingerprint density at radius 1 is 0.833 bits per heavy atom. The number of halogens is 2. The second-order valence-electron chi connectivity index (χ2n) is 2.61. The van der Waals surface area contributed by atoms with Crippen LogP contribution in [-0.2, 0) is 26.9 Å². The van der Waals surface area contributed by atoms with Crippen molar-refractivity contribution < 1.29 is 34.0 Å². The number of hydrogen-bond acceptors (Lipinski definition) is 4. The van der Waals surface area contributed by atoms with Crippen LogP contribution < -0.4 is 11.5 Å². The van der Waals surface area contributed by atoms with Gasteiger partial charge in [-0.2, -0.15) is 8.42 Å². The van der Waals surface area contributed by atoms with E-state index in [1.165, 1.54) is 38.5 Å². The van der Waals surface area contributed by atoms with E-state index in [4.69, 9.17) is 36.4 Å². The average molecular weight is 508 g/mol. The molecule has 6 nitrogen and oxygen atoms in total. The Kier molecular flexibility index (Phi) is 40.5. The third-order valence-electron chi connectivity index (χ3n) is 1.50.